The average molecular weight is 281 g/mol. The number of hydrogen-bond donors (Lipinski definition) is 2. The molecule has 0 aliphatic carbocycles. The Kier molecular flexibility index (Phi) is 7.58. The number of halogens is 2. The SMILES string of the molecule is CNCC(=O)Nc1ccc(SC)c(Cl)c1.Cl. The summed E-state index contributed by atoms with van der Waals surface area (Å²) in [6.45, 7) is 0.294. The van der Waals surface area contributed by atoms with E-state index in [9.17, 15) is 4.79 Å². The molecule has 0 saturated heterocycles. The second kappa shape index (κ2) is 7.79. The fourth-order valence-electron chi connectivity index (χ4n) is 1.11. The molecule has 0 radical (unpaired) electrons. The molecular formula is C10H14Cl2N2OS. The maximum absolute atomic E-state index is 11.3. The summed E-state index contributed by atoms with van der Waals surface area (Å²) < 4.78 is 0. The molecule has 3 nitrogen and oxygen atoms in total. The molecule has 1 aromatic rings. The Hall–Kier alpha value is -0.420. The van der Waals surface area contributed by atoms with Gasteiger partial charge in [0.15, 0.2) is 0 Å². The van der Waals surface area contributed by atoms with E-state index in [1.54, 1.807) is 24.9 Å². The lowest BCUT2D eigenvalue weighted by molar-refractivity contribution is -0.115. The number of hydrogen-bond acceptors (Lipinski definition) is 3. The first kappa shape index (κ1) is 15.6. The molecule has 0 unspecified atom stereocenters. The van der Waals surface area contributed by atoms with Crippen LogP contribution in [0.4, 0.5) is 5.69 Å². The van der Waals surface area contributed by atoms with Crippen LogP contribution in [0.25, 0.3) is 0 Å². The van der Waals surface area contributed by atoms with Crippen molar-refractivity contribution in [3.8, 4) is 0 Å². The van der Waals surface area contributed by atoms with Crippen LogP contribution in [0, 0.1) is 0 Å². The summed E-state index contributed by atoms with van der Waals surface area (Å²) in [6, 6.07) is 5.48. The van der Waals surface area contributed by atoms with Crippen molar-refractivity contribution in [3.05, 3.63) is 23.2 Å². The minimum atomic E-state index is -0.0783. The van der Waals surface area contributed by atoms with Crippen molar-refractivity contribution in [2.45, 2.75) is 4.90 Å². The van der Waals surface area contributed by atoms with Crippen LogP contribution in [-0.4, -0.2) is 25.8 Å². The van der Waals surface area contributed by atoms with Gasteiger partial charge in [-0.25, -0.2) is 0 Å². The first-order chi connectivity index (χ1) is 7.17. The number of likely N-dealkylation sites (N-methyl/N-ethyl adjacent to an activating group) is 1. The van der Waals surface area contributed by atoms with Crippen molar-refractivity contribution < 1.29 is 4.79 Å². The summed E-state index contributed by atoms with van der Waals surface area (Å²) in [5.41, 5.74) is 0.720. The number of anilines is 1. The first-order valence-corrected chi connectivity index (χ1v) is 6.05. The number of nitrogens with one attached hydrogen (secondary N) is 2. The second-order valence-corrected chi connectivity index (χ2v) is 4.18. The summed E-state index contributed by atoms with van der Waals surface area (Å²) >= 11 is 7.58. The Labute approximate surface area is 111 Å². The highest BCUT2D eigenvalue weighted by Gasteiger charge is 2.03. The van der Waals surface area contributed by atoms with E-state index >= 15 is 0 Å². The van der Waals surface area contributed by atoms with Crippen LogP contribution >= 0.6 is 35.8 Å². The molecule has 0 bridgehead atoms. The van der Waals surface area contributed by atoms with Gasteiger partial charge in [-0.1, -0.05) is 11.6 Å². The van der Waals surface area contributed by atoms with E-state index in [1.807, 2.05) is 18.4 Å². The highest BCUT2D eigenvalue weighted by atomic mass is 35.5. The van der Waals surface area contributed by atoms with Gasteiger partial charge in [0.25, 0.3) is 0 Å². The highest BCUT2D eigenvalue weighted by Crippen LogP contribution is 2.27. The van der Waals surface area contributed by atoms with E-state index in [4.69, 9.17) is 11.6 Å². The monoisotopic (exact) mass is 280 g/mol. The third-order valence-electron chi connectivity index (χ3n) is 1.77. The normalized spacial score (nSPS) is 9.44. The van der Waals surface area contributed by atoms with Crippen LogP contribution in [0.3, 0.4) is 0 Å². The van der Waals surface area contributed by atoms with Gasteiger partial charge in [-0.3, -0.25) is 4.79 Å². The quantitative estimate of drug-likeness (QED) is 0.834. The molecule has 1 amide bonds. The fourth-order valence-corrected chi connectivity index (χ4v) is 1.98. The summed E-state index contributed by atoms with van der Waals surface area (Å²) in [7, 11) is 1.73. The Bertz CT molecular complexity index is 361. The van der Waals surface area contributed by atoms with Crippen molar-refractivity contribution in [1.29, 1.82) is 0 Å². The Morgan fingerprint density at radius 3 is 2.69 bits per heavy atom. The molecule has 0 spiro atoms. The lowest BCUT2D eigenvalue weighted by Gasteiger charge is -2.06. The minimum absolute atomic E-state index is 0. The summed E-state index contributed by atoms with van der Waals surface area (Å²) in [5.74, 6) is -0.0783. The van der Waals surface area contributed by atoms with Crippen LogP contribution in [0.5, 0.6) is 0 Å². The van der Waals surface area contributed by atoms with Crippen LogP contribution in [-0.2, 0) is 4.79 Å². The third-order valence-corrected chi connectivity index (χ3v) is 2.99. The summed E-state index contributed by atoms with van der Waals surface area (Å²) in [4.78, 5) is 12.3. The lowest BCUT2D eigenvalue weighted by atomic mass is 10.3. The number of rotatable bonds is 4. The number of thioether (sulfide) groups is 1. The van der Waals surface area contributed by atoms with E-state index in [1.165, 1.54) is 0 Å². The molecular weight excluding hydrogens is 267 g/mol. The Balaban J connectivity index is 0.00000225. The van der Waals surface area contributed by atoms with E-state index in [2.05, 4.69) is 10.6 Å². The molecule has 0 fully saturated rings. The van der Waals surface area contributed by atoms with E-state index in [0.29, 0.717) is 11.6 Å². The molecule has 6 heteroatoms. The van der Waals surface area contributed by atoms with Gasteiger partial charge < -0.3 is 10.6 Å². The minimum Gasteiger partial charge on any atom is -0.325 e. The number of benzene rings is 1. The standard InChI is InChI=1S/C10H13ClN2OS.ClH/c1-12-6-10(14)13-7-3-4-9(15-2)8(11)5-7;/h3-5,12H,6H2,1-2H3,(H,13,14);1H. The zero-order chi connectivity index (χ0) is 11.3. The third kappa shape index (κ3) is 4.61. The maximum atomic E-state index is 11.3. The Morgan fingerprint density at radius 1 is 1.50 bits per heavy atom. The van der Waals surface area contributed by atoms with E-state index in [0.717, 1.165) is 10.6 Å². The smallest absolute Gasteiger partial charge is 0.238 e. The maximum Gasteiger partial charge on any atom is 0.238 e. The molecule has 1 rings (SSSR count). The number of carbonyl (C=O) groups excluding carboxylic acids is 1. The fraction of sp³-hybridized carbons (Fsp3) is 0.300. The molecule has 0 atom stereocenters. The largest absolute Gasteiger partial charge is 0.325 e. The summed E-state index contributed by atoms with van der Waals surface area (Å²) in [6.07, 6.45) is 1.96. The van der Waals surface area contributed by atoms with Gasteiger partial charge in [-0.05, 0) is 31.5 Å². The molecule has 0 aliphatic heterocycles. The van der Waals surface area contributed by atoms with Gasteiger partial charge in [0.1, 0.15) is 0 Å². The highest BCUT2D eigenvalue weighted by molar-refractivity contribution is 7.98. The summed E-state index contributed by atoms with van der Waals surface area (Å²) in [5, 5.41) is 6.17. The second-order valence-electron chi connectivity index (χ2n) is 2.93. The van der Waals surface area contributed by atoms with Crippen molar-refractivity contribution >= 4 is 47.4 Å². The lowest BCUT2D eigenvalue weighted by Crippen LogP contribution is -2.24. The van der Waals surface area contributed by atoms with E-state index < -0.39 is 0 Å². The first-order valence-electron chi connectivity index (χ1n) is 4.45. The molecule has 16 heavy (non-hydrogen) atoms. The van der Waals surface area contributed by atoms with Crippen LogP contribution < -0.4 is 10.6 Å². The number of carbonyl (C=O) groups is 1. The predicted molar refractivity (Wildman–Crippen MR) is 73.0 cm³/mol. The molecule has 2 N–H and O–H groups in total. The van der Waals surface area contributed by atoms with Gasteiger partial charge in [-0.15, -0.1) is 24.2 Å². The van der Waals surface area contributed by atoms with Crippen molar-refractivity contribution in [1.82, 2.24) is 5.32 Å². The predicted octanol–water partition coefficient (Wildman–Crippen LogP) is 2.64. The zero-order valence-corrected chi connectivity index (χ0v) is 11.4. The van der Waals surface area contributed by atoms with E-state index in [-0.39, 0.29) is 18.3 Å². The van der Waals surface area contributed by atoms with Crippen molar-refractivity contribution in [3.63, 3.8) is 0 Å². The topological polar surface area (TPSA) is 41.1 Å². The zero-order valence-electron chi connectivity index (χ0n) is 9.04. The van der Waals surface area contributed by atoms with Crippen LogP contribution in [0.15, 0.2) is 23.1 Å². The Morgan fingerprint density at radius 2 is 2.19 bits per heavy atom. The molecule has 0 heterocycles. The molecule has 1 aromatic carbocycles. The van der Waals surface area contributed by atoms with Gasteiger partial charge in [-0.2, -0.15) is 0 Å². The van der Waals surface area contributed by atoms with Crippen molar-refractivity contribution in [2.24, 2.45) is 0 Å². The van der Waals surface area contributed by atoms with Gasteiger partial charge in [0, 0.05) is 10.6 Å². The molecule has 0 aliphatic rings. The van der Waals surface area contributed by atoms with Gasteiger partial charge >= 0.3 is 0 Å². The van der Waals surface area contributed by atoms with Crippen molar-refractivity contribution in [2.75, 3.05) is 25.2 Å². The molecule has 90 valence electrons. The van der Waals surface area contributed by atoms with Gasteiger partial charge in [0.05, 0.1) is 11.6 Å². The molecule has 0 saturated carbocycles. The number of amides is 1. The average Bonchev–Trinajstić information content (AvgIpc) is 2.18. The van der Waals surface area contributed by atoms with Gasteiger partial charge in [0.2, 0.25) is 5.91 Å². The van der Waals surface area contributed by atoms with Crippen LogP contribution in [0.2, 0.25) is 5.02 Å². The molecule has 0 aromatic heterocycles. The van der Waals surface area contributed by atoms with Crippen LogP contribution in [0.1, 0.15) is 0 Å².